The summed E-state index contributed by atoms with van der Waals surface area (Å²) < 4.78 is 0. The molecule has 0 spiro atoms. The van der Waals surface area contributed by atoms with Gasteiger partial charge in [0.15, 0.2) is 0 Å². The van der Waals surface area contributed by atoms with Crippen LogP contribution in [0, 0.1) is 5.41 Å². The van der Waals surface area contributed by atoms with Gasteiger partial charge in [-0.05, 0) is 31.3 Å². The van der Waals surface area contributed by atoms with E-state index in [0.717, 1.165) is 32.7 Å². The van der Waals surface area contributed by atoms with Crippen LogP contribution in [-0.2, 0) is 4.79 Å². The second kappa shape index (κ2) is 7.41. The van der Waals surface area contributed by atoms with Gasteiger partial charge in [-0.1, -0.05) is 26.7 Å². The summed E-state index contributed by atoms with van der Waals surface area (Å²) in [4.78, 5) is 16.7. The van der Waals surface area contributed by atoms with E-state index in [1.54, 1.807) is 0 Å². The van der Waals surface area contributed by atoms with Crippen LogP contribution >= 0.6 is 0 Å². The van der Waals surface area contributed by atoms with Crippen molar-refractivity contribution in [3.63, 3.8) is 0 Å². The zero-order valence-corrected chi connectivity index (χ0v) is 13.3. The van der Waals surface area contributed by atoms with Crippen molar-refractivity contribution < 1.29 is 4.79 Å². The maximum atomic E-state index is 12.2. The summed E-state index contributed by atoms with van der Waals surface area (Å²) in [5.41, 5.74) is 0.582. The first-order valence-electron chi connectivity index (χ1n) is 8.40. The van der Waals surface area contributed by atoms with Crippen LogP contribution in [0.15, 0.2) is 0 Å². The number of rotatable bonds is 5. The third kappa shape index (κ3) is 3.95. The summed E-state index contributed by atoms with van der Waals surface area (Å²) in [6.07, 6.45) is 5.92. The smallest absolute Gasteiger partial charge is 0.223 e. The van der Waals surface area contributed by atoms with E-state index in [1.807, 2.05) is 4.90 Å². The molecule has 2 rings (SSSR count). The molecule has 2 heterocycles. The van der Waals surface area contributed by atoms with Crippen LogP contribution in [0.2, 0.25) is 0 Å². The summed E-state index contributed by atoms with van der Waals surface area (Å²) in [6, 6.07) is 0. The summed E-state index contributed by atoms with van der Waals surface area (Å²) in [7, 11) is 0. The first kappa shape index (κ1) is 15.8. The number of hydrogen-bond donors (Lipinski definition) is 1. The second-order valence-corrected chi connectivity index (χ2v) is 6.43. The molecule has 4 heteroatoms. The number of nitrogens with one attached hydrogen (secondary N) is 1. The predicted molar refractivity (Wildman–Crippen MR) is 82.8 cm³/mol. The third-order valence-corrected chi connectivity index (χ3v) is 5.53. The second-order valence-electron chi connectivity index (χ2n) is 6.43. The van der Waals surface area contributed by atoms with Crippen LogP contribution < -0.4 is 5.32 Å². The molecule has 1 N–H and O–H groups in total. The molecular formula is C16H31N3O. The normalized spacial score (nSPS) is 23.8. The van der Waals surface area contributed by atoms with Crippen LogP contribution in [-0.4, -0.2) is 61.5 Å². The molecule has 0 atom stereocenters. The fraction of sp³-hybridized carbons (Fsp3) is 0.938. The molecule has 1 amide bonds. The lowest BCUT2D eigenvalue weighted by Crippen LogP contribution is -2.47. The Bertz CT molecular complexity index is 299. The van der Waals surface area contributed by atoms with Gasteiger partial charge < -0.3 is 15.1 Å². The highest BCUT2D eigenvalue weighted by molar-refractivity contribution is 5.76. The molecule has 4 nitrogen and oxygen atoms in total. The molecule has 2 saturated heterocycles. The Kier molecular flexibility index (Phi) is 5.85. The Morgan fingerprint density at radius 3 is 2.20 bits per heavy atom. The molecule has 0 saturated carbocycles. The number of nitrogens with zero attached hydrogens (tertiary/aromatic N) is 2. The maximum absolute atomic E-state index is 12.2. The molecule has 2 fully saturated rings. The minimum Gasteiger partial charge on any atom is -0.340 e. The van der Waals surface area contributed by atoms with E-state index in [4.69, 9.17) is 0 Å². The number of piperidine rings is 1. The molecule has 0 aromatic carbocycles. The lowest BCUT2D eigenvalue weighted by atomic mass is 9.74. The Hall–Kier alpha value is -0.610. The molecule has 2 aliphatic rings. The largest absolute Gasteiger partial charge is 0.340 e. The van der Waals surface area contributed by atoms with Gasteiger partial charge in [0.1, 0.15) is 0 Å². The average Bonchev–Trinajstić information content (AvgIpc) is 2.54. The summed E-state index contributed by atoms with van der Waals surface area (Å²) in [5.74, 6) is 0.342. The van der Waals surface area contributed by atoms with Crippen molar-refractivity contribution in [2.75, 3.05) is 45.8 Å². The zero-order chi connectivity index (χ0) is 14.4. The van der Waals surface area contributed by atoms with Gasteiger partial charge in [-0.2, -0.15) is 0 Å². The molecule has 0 radical (unpaired) electrons. The van der Waals surface area contributed by atoms with E-state index in [0.29, 0.717) is 17.7 Å². The quantitative estimate of drug-likeness (QED) is 0.833. The van der Waals surface area contributed by atoms with Crippen molar-refractivity contribution in [3.8, 4) is 0 Å². The van der Waals surface area contributed by atoms with E-state index in [-0.39, 0.29) is 0 Å². The van der Waals surface area contributed by atoms with Gasteiger partial charge in [0, 0.05) is 39.1 Å². The van der Waals surface area contributed by atoms with Crippen LogP contribution in [0.3, 0.4) is 0 Å². The van der Waals surface area contributed by atoms with Gasteiger partial charge in [0.05, 0.1) is 0 Å². The first-order chi connectivity index (χ1) is 9.69. The van der Waals surface area contributed by atoms with Crippen molar-refractivity contribution >= 4 is 5.91 Å². The molecule has 0 bridgehead atoms. The molecule has 20 heavy (non-hydrogen) atoms. The zero-order valence-electron chi connectivity index (χ0n) is 13.3. The van der Waals surface area contributed by atoms with Gasteiger partial charge in [0.25, 0.3) is 0 Å². The third-order valence-electron chi connectivity index (χ3n) is 5.53. The van der Waals surface area contributed by atoms with Crippen LogP contribution in [0.1, 0.15) is 46.0 Å². The Balaban J connectivity index is 1.69. The highest BCUT2D eigenvalue weighted by atomic mass is 16.2. The van der Waals surface area contributed by atoms with Crippen molar-refractivity contribution in [2.45, 2.75) is 46.0 Å². The lowest BCUT2D eigenvalue weighted by molar-refractivity contribution is -0.132. The molecular weight excluding hydrogens is 250 g/mol. The molecule has 2 aliphatic heterocycles. The number of piperazine rings is 1. The van der Waals surface area contributed by atoms with Crippen molar-refractivity contribution in [1.82, 2.24) is 15.1 Å². The number of carbonyl (C=O) groups is 1. The van der Waals surface area contributed by atoms with Crippen molar-refractivity contribution in [2.24, 2.45) is 5.41 Å². The SMILES string of the molecule is CCC1(CC)CCN(CCC(=O)N2CCNCC2)CC1. The van der Waals surface area contributed by atoms with Crippen molar-refractivity contribution in [1.29, 1.82) is 0 Å². The molecule has 116 valence electrons. The monoisotopic (exact) mass is 281 g/mol. The minimum absolute atomic E-state index is 0.342. The van der Waals surface area contributed by atoms with Gasteiger partial charge in [-0.3, -0.25) is 4.79 Å². The van der Waals surface area contributed by atoms with E-state index < -0.39 is 0 Å². The van der Waals surface area contributed by atoms with Gasteiger partial charge in [-0.25, -0.2) is 0 Å². The van der Waals surface area contributed by atoms with Crippen LogP contribution in [0.5, 0.6) is 0 Å². The van der Waals surface area contributed by atoms with E-state index in [1.165, 1.54) is 38.8 Å². The number of likely N-dealkylation sites (tertiary alicyclic amines) is 1. The highest BCUT2D eigenvalue weighted by Gasteiger charge is 2.31. The lowest BCUT2D eigenvalue weighted by Gasteiger charge is -2.41. The standard InChI is InChI=1S/C16H31N3O/c1-3-16(4-2)6-11-18(12-7-16)10-5-15(20)19-13-8-17-9-14-19/h17H,3-14H2,1-2H3. The molecule has 0 aliphatic carbocycles. The number of carbonyl (C=O) groups excluding carboxylic acids is 1. The fourth-order valence-corrected chi connectivity index (χ4v) is 3.53. The summed E-state index contributed by atoms with van der Waals surface area (Å²) in [5, 5.41) is 3.29. The number of hydrogen-bond acceptors (Lipinski definition) is 3. The predicted octanol–water partition coefficient (Wildman–Crippen LogP) is 1.71. The average molecular weight is 281 g/mol. The maximum Gasteiger partial charge on any atom is 0.223 e. The summed E-state index contributed by atoms with van der Waals surface area (Å²) >= 11 is 0. The van der Waals surface area contributed by atoms with E-state index in [9.17, 15) is 4.79 Å². The van der Waals surface area contributed by atoms with Crippen molar-refractivity contribution in [3.05, 3.63) is 0 Å². The van der Waals surface area contributed by atoms with Gasteiger partial charge >= 0.3 is 0 Å². The minimum atomic E-state index is 0.342. The topological polar surface area (TPSA) is 35.6 Å². The van der Waals surface area contributed by atoms with E-state index >= 15 is 0 Å². The highest BCUT2D eigenvalue weighted by Crippen LogP contribution is 2.37. The number of amides is 1. The van der Waals surface area contributed by atoms with Crippen LogP contribution in [0.25, 0.3) is 0 Å². The van der Waals surface area contributed by atoms with E-state index in [2.05, 4.69) is 24.1 Å². The fourth-order valence-electron chi connectivity index (χ4n) is 3.53. The Morgan fingerprint density at radius 2 is 1.65 bits per heavy atom. The Morgan fingerprint density at radius 1 is 1.05 bits per heavy atom. The molecule has 0 aromatic heterocycles. The van der Waals surface area contributed by atoms with Gasteiger partial charge in [0.2, 0.25) is 5.91 Å². The summed E-state index contributed by atoms with van der Waals surface area (Å²) in [6.45, 7) is 11.6. The molecule has 0 unspecified atom stereocenters. The molecule has 0 aromatic rings. The van der Waals surface area contributed by atoms with Gasteiger partial charge in [-0.15, -0.1) is 0 Å². The Labute approximate surface area is 123 Å². The van der Waals surface area contributed by atoms with Crippen LogP contribution in [0.4, 0.5) is 0 Å². The first-order valence-corrected chi connectivity index (χ1v) is 8.40.